The number of nitrogens with zero attached hydrogens (tertiary/aromatic N) is 4. The van der Waals surface area contributed by atoms with Crippen LogP contribution in [-0.2, 0) is 6.54 Å². The number of halogens is 1. The highest BCUT2D eigenvalue weighted by Crippen LogP contribution is 2.28. The van der Waals surface area contributed by atoms with Gasteiger partial charge in [-0.15, -0.1) is 10.2 Å². The molecule has 0 atom stereocenters. The summed E-state index contributed by atoms with van der Waals surface area (Å²) < 4.78 is 16.0. The zero-order chi connectivity index (χ0) is 16.6. The molecule has 0 aliphatic carbocycles. The Morgan fingerprint density at radius 1 is 1.17 bits per heavy atom. The molecule has 2 heterocycles. The quantitative estimate of drug-likeness (QED) is 0.445. The first-order chi connectivity index (χ1) is 11.8. The lowest BCUT2D eigenvalue weighted by molar-refractivity contribution is 0.554. The Morgan fingerprint density at radius 2 is 2.12 bits per heavy atom. The molecule has 8 heteroatoms. The third-order valence-corrected chi connectivity index (χ3v) is 5.36. The van der Waals surface area contributed by atoms with Crippen molar-refractivity contribution in [3.8, 4) is 0 Å². The Bertz CT molecular complexity index is 745. The molecule has 0 bridgehead atoms. The van der Waals surface area contributed by atoms with Gasteiger partial charge in [0.25, 0.3) is 0 Å². The number of nitrogens with one attached hydrogen (secondary N) is 1. The average molecular weight is 363 g/mol. The lowest BCUT2D eigenvalue weighted by Crippen LogP contribution is -1.97. The minimum absolute atomic E-state index is 0.269. The highest BCUT2D eigenvalue weighted by molar-refractivity contribution is 8.01. The summed E-state index contributed by atoms with van der Waals surface area (Å²) in [7, 11) is 0. The number of benzene rings is 1. The van der Waals surface area contributed by atoms with Gasteiger partial charge in [0.1, 0.15) is 5.82 Å². The molecule has 0 radical (unpaired) electrons. The van der Waals surface area contributed by atoms with Gasteiger partial charge in [-0.2, -0.15) is 5.10 Å². The van der Waals surface area contributed by atoms with Crippen LogP contribution in [0.15, 0.2) is 47.1 Å². The number of anilines is 2. The van der Waals surface area contributed by atoms with Gasteiger partial charge in [0.15, 0.2) is 4.34 Å². The van der Waals surface area contributed by atoms with Gasteiger partial charge in [-0.1, -0.05) is 35.6 Å². The summed E-state index contributed by atoms with van der Waals surface area (Å²) >= 11 is 3.20. The molecule has 0 spiro atoms. The van der Waals surface area contributed by atoms with Crippen LogP contribution >= 0.6 is 23.1 Å². The minimum Gasteiger partial charge on any atom is -0.330 e. The largest absolute Gasteiger partial charge is 0.330 e. The van der Waals surface area contributed by atoms with Crippen molar-refractivity contribution < 1.29 is 4.39 Å². The van der Waals surface area contributed by atoms with Gasteiger partial charge in [0.05, 0.1) is 0 Å². The normalized spacial score (nSPS) is 10.9. The smallest absolute Gasteiger partial charge is 0.210 e. The van der Waals surface area contributed by atoms with E-state index in [1.54, 1.807) is 30.1 Å². The number of thioether (sulfide) groups is 1. The van der Waals surface area contributed by atoms with Crippen molar-refractivity contribution in [3.63, 3.8) is 0 Å². The molecule has 0 amide bonds. The van der Waals surface area contributed by atoms with Gasteiger partial charge in [-0.05, 0) is 37.1 Å². The Balaban J connectivity index is 1.35. The fourth-order valence-electron chi connectivity index (χ4n) is 2.15. The topological polar surface area (TPSA) is 55.6 Å². The summed E-state index contributed by atoms with van der Waals surface area (Å²) in [5.74, 6) is 0.752. The number of hydrogen-bond acceptors (Lipinski definition) is 6. The number of aryl methyl sites for hydroxylation is 1. The second kappa shape index (κ2) is 8.79. The molecule has 0 saturated heterocycles. The lowest BCUT2D eigenvalue weighted by atomic mass is 10.2. The monoisotopic (exact) mass is 363 g/mol. The van der Waals surface area contributed by atoms with E-state index < -0.39 is 0 Å². The Kier molecular flexibility index (Phi) is 6.20. The number of hydrogen-bond donors (Lipinski definition) is 1. The standard InChI is InChI=1S/C16H18FN5S2/c17-13-6-4-7-14(12-13)19-15-20-21-16(24-15)23-11-3-1-2-9-22-10-5-8-18-22/h4-8,10,12H,1-3,9,11H2,(H,19,20). The van der Waals surface area contributed by atoms with Gasteiger partial charge in [-0.25, -0.2) is 4.39 Å². The van der Waals surface area contributed by atoms with Gasteiger partial charge in [0.2, 0.25) is 5.13 Å². The first-order valence-corrected chi connectivity index (χ1v) is 9.56. The van der Waals surface area contributed by atoms with Crippen molar-refractivity contribution in [1.82, 2.24) is 20.0 Å². The van der Waals surface area contributed by atoms with Crippen molar-refractivity contribution in [1.29, 1.82) is 0 Å². The summed E-state index contributed by atoms with van der Waals surface area (Å²) in [6.45, 7) is 0.970. The molecule has 3 aromatic rings. The van der Waals surface area contributed by atoms with Gasteiger partial charge < -0.3 is 5.32 Å². The van der Waals surface area contributed by atoms with Crippen molar-refractivity contribution in [2.75, 3.05) is 11.1 Å². The van der Waals surface area contributed by atoms with Crippen LogP contribution in [0.25, 0.3) is 0 Å². The van der Waals surface area contributed by atoms with Crippen molar-refractivity contribution in [3.05, 3.63) is 48.5 Å². The highest BCUT2D eigenvalue weighted by Gasteiger charge is 2.05. The molecule has 0 fully saturated rings. The second-order valence-electron chi connectivity index (χ2n) is 5.19. The summed E-state index contributed by atoms with van der Waals surface area (Å²) in [4.78, 5) is 0. The van der Waals surface area contributed by atoms with E-state index in [0.717, 1.165) is 29.5 Å². The summed E-state index contributed by atoms with van der Waals surface area (Å²) in [6.07, 6.45) is 7.23. The average Bonchev–Trinajstić information content (AvgIpc) is 3.23. The first-order valence-electron chi connectivity index (χ1n) is 7.76. The van der Waals surface area contributed by atoms with E-state index in [-0.39, 0.29) is 5.82 Å². The van der Waals surface area contributed by atoms with E-state index in [1.165, 1.54) is 29.9 Å². The molecule has 2 aromatic heterocycles. The Morgan fingerprint density at radius 3 is 2.96 bits per heavy atom. The summed E-state index contributed by atoms with van der Waals surface area (Å²) in [5.41, 5.74) is 0.682. The zero-order valence-corrected chi connectivity index (χ0v) is 14.7. The van der Waals surface area contributed by atoms with Crippen LogP contribution in [-0.4, -0.2) is 25.7 Å². The predicted octanol–water partition coefficient (Wildman–Crippen LogP) is 4.58. The number of unbranched alkanes of at least 4 members (excludes halogenated alkanes) is 2. The van der Waals surface area contributed by atoms with Gasteiger partial charge in [0, 0.05) is 30.4 Å². The maximum Gasteiger partial charge on any atom is 0.210 e. The van der Waals surface area contributed by atoms with E-state index in [4.69, 9.17) is 0 Å². The van der Waals surface area contributed by atoms with Crippen LogP contribution in [0, 0.1) is 5.82 Å². The molecule has 1 N–H and O–H groups in total. The zero-order valence-electron chi connectivity index (χ0n) is 13.1. The molecule has 0 saturated carbocycles. The van der Waals surface area contributed by atoms with Gasteiger partial charge >= 0.3 is 0 Å². The summed E-state index contributed by atoms with van der Waals surface area (Å²) in [5, 5.41) is 16.2. The van der Waals surface area contributed by atoms with Crippen LogP contribution in [0.5, 0.6) is 0 Å². The fourth-order valence-corrected chi connectivity index (χ4v) is 3.99. The third kappa shape index (κ3) is 5.31. The van der Waals surface area contributed by atoms with Crippen LogP contribution in [0.2, 0.25) is 0 Å². The molecule has 0 aliphatic rings. The maximum absolute atomic E-state index is 13.2. The van der Waals surface area contributed by atoms with E-state index in [9.17, 15) is 4.39 Å². The SMILES string of the molecule is Fc1cccc(Nc2nnc(SCCCCCn3cccn3)s2)c1. The third-order valence-electron chi connectivity index (χ3n) is 3.30. The predicted molar refractivity (Wildman–Crippen MR) is 96.4 cm³/mol. The molecule has 5 nitrogen and oxygen atoms in total. The van der Waals surface area contributed by atoms with Crippen molar-refractivity contribution >= 4 is 33.9 Å². The molecule has 1 aromatic carbocycles. The van der Waals surface area contributed by atoms with Gasteiger partial charge in [-0.3, -0.25) is 4.68 Å². The summed E-state index contributed by atoms with van der Waals surface area (Å²) in [6, 6.07) is 8.27. The second-order valence-corrected chi connectivity index (χ2v) is 7.51. The Labute approximate surface area is 148 Å². The van der Waals surface area contributed by atoms with Crippen LogP contribution in [0.3, 0.4) is 0 Å². The van der Waals surface area contributed by atoms with E-state index in [2.05, 4.69) is 20.6 Å². The lowest BCUT2D eigenvalue weighted by Gasteiger charge is -2.01. The molecule has 24 heavy (non-hydrogen) atoms. The van der Waals surface area contributed by atoms with E-state index in [1.807, 2.05) is 16.9 Å². The molecule has 0 aliphatic heterocycles. The van der Waals surface area contributed by atoms with Crippen LogP contribution in [0.4, 0.5) is 15.2 Å². The van der Waals surface area contributed by atoms with E-state index >= 15 is 0 Å². The highest BCUT2D eigenvalue weighted by atomic mass is 32.2. The molecule has 126 valence electrons. The number of aromatic nitrogens is 4. The molecular formula is C16H18FN5S2. The van der Waals surface area contributed by atoms with E-state index in [0.29, 0.717) is 10.8 Å². The maximum atomic E-state index is 13.2. The molecular weight excluding hydrogens is 345 g/mol. The van der Waals surface area contributed by atoms with Crippen molar-refractivity contribution in [2.45, 2.75) is 30.1 Å². The molecule has 3 rings (SSSR count). The Hall–Kier alpha value is -1.93. The van der Waals surface area contributed by atoms with Crippen molar-refractivity contribution in [2.24, 2.45) is 0 Å². The minimum atomic E-state index is -0.269. The van der Waals surface area contributed by atoms with Crippen LogP contribution in [0.1, 0.15) is 19.3 Å². The molecule has 0 unspecified atom stereocenters. The fraction of sp³-hybridized carbons (Fsp3) is 0.312. The number of rotatable bonds is 9. The first kappa shape index (κ1) is 16.9. The van der Waals surface area contributed by atoms with Crippen LogP contribution < -0.4 is 5.32 Å².